The van der Waals surface area contributed by atoms with E-state index in [1.165, 1.54) is 0 Å². The van der Waals surface area contributed by atoms with E-state index in [0.717, 1.165) is 0 Å². The van der Waals surface area contributed by atoms with Crippen molar-refractivity contribution in [2.75, 3.05) is 24.6 Å². The Bertz CT molecular complexity index is 384. The van der Waals surface area contributed by atoms with Crippen LogP contribution in [-0.4, -0.2) is 49.9 Å². The summed E-state index contributed by atoms with van der Waals surface area (Å²) in [6.45, 7) is 6.48. The third-order valence-corrected chi connectivity index (χ3v) is 4.78. The first-order valence-corrected chi connectivity index (χ1v) is 7.70. The topological polar surface area (TPSA) is 80.5 Å². The quantitative estimate of drug-likeness (QED) is 0.721. The summed E-state index contributed by atoms with van der Waals surface area (Å²) in [6.07, 6.45) is 0.505. The molecular formula is C11H22N2O3S. The molecule has 0 radical (unpaired) electrons. The van der Waals surface area contributed by atoms with Crippen LogP contribution < -0.4 is 5.73 Å². The Balaban J connectivity index is 2.71. The standard InChI is InChI=1S/C11H22N2O3S/c1-11(2,3)9(12)10(14)13-5-4-7-17(15,16)8-6-13/h9H,4-8,12H2,1-3H3/t9-/m1/s1. The molecule has 1 heterocycles. The maximum absolute atomic E-state index is 12.1. The average Bonchev–Trinajstić information content (AvgIpc) is 2.36. The zero-order valence-electron chi connectivity index (χ0n) is 10.8. The van der Waals surface area contributed by atoms with Gasteiger partial charge in [-0.25, -0.2) is 8.42 Å². The minimum atomic E-state index is -2.98. The summed E-state index contributed by atoms with van der Waals surface area (Å²) in [4.78, 5) is 13.7. The van der Waals surface area contributed by atoms with E-state index in [1.807, 2.05) is 20.8 Å². The molecule has 1 saturated heterocycles. The van der Waals surface area contributed by atoms with Crippen LogP contribution in [0.25, 0.3) is 0 Å². The smallest absolute Gasteiger partial charge is 0.240 e. The van der Waals surface area contributed by atoms with Crippen LogP contribution >= 0.6 is 0 Å². The molecule has 5 nitrogen and oxygen atoms in total. The summed E-state index contributed by atoms with van der Waals surface area (Å²) in [5.74, 6) is 0.0755. The Labute approximate surface area is 103 Å². The van der Waals surface area contributed by atoms with Crippen LogP contribution in [0.3, 0.4) is 0 Å². The fourth-order valence-electron chi connectivity index (χ4n) is 1.73. The second-order valence-corrected chi connectivity index (χ2v) is 7.98. The summed E-state index contributed by atoms with van der Waals surface area (Å²) in [6, 6.07) is -0.580. The van der Waals surface area contributed by atoms with E-state index in [9.17, 15) is 13.2 Å². The first-order chi connectivity index (χ1) is 7.63. The largest absolute Gasteiger partial charge is 0.340 e. The highest BCUT2D eigenvalue weighted by molar-refractivity contribution is 7.91. The molecule has 1 aliphatic rings. The van der Waals surface area contributed by atoms with Crippen molar-refractivity contribution in [1.29, 1.82) is 0 Å². The summed E-state index contributed by atoms with van der Waals surface area (Å²) < 4.78 is 22.9. The van der Waals surface area contributed by atoms with Gasteiger partial charge in [0.15, 0.2) is 9.84 Å². The molecule has 0 aliphatic carbocycles. The van der Waals surface area contributed by atoms with Crippen molar-refractivity contribution in [3.8, 4) is 0 Å². The molecule has 0 bridgehead atoms. The van der Waals surface area contributed by atoms with Crippen LogP contribution in [0.4, 0.5) is 0 Å². The first kappa shape index (κ1) is 14.4. The van der Waals surface area contributed by atoms with Crippen molar-refractivity contribution in [1.82, 2.24) is 4.90 Å². The second-order valence-electron chi connectivity index (χ2n) is 5.67. The van der Waals surface area contributed by atoms with Crippen molar-refractivity contribution in [2.45, 2.75) is 33.2 Å². The van der Waals surface area contributed by atoms with Crippen LogP contribution in [-0.2, 0) is 14.6 Å². The Kier molecular flexibility index (Phi) is 4.19. The maximum atomic E-state index is 12.1. The van der Waals surface area contributed by atoms with Gasteiger partial charge in [-0.15, -0.1) is 0 Å². The van der Waals surface area contributed by atoms with Gasteiger partial charge in [0.25, 0.3) is 0 Å². The van der Waals surface area contributed by atoms with Crippen molar-refractivity contribution < 1.29 is 13.2 Å². The van der Waals surface area contributed by atoms with Gasteiger partial charge in [0.1, 0.15) is 0 Å². The van der Waals surface area contributed by atoms with E-state index >= 15 is 0 Å². The molecule has 0 unspecified atom stereocenters. The molecule has 0 spiro atoms. The van der Waals surface area contributed by atoms with Crippen molar-refractivity contribution in [3.63, 3.8) is 0 Å². The summed E-state index contributed by atoms with van der Waals surface area (Å²) in [7, 11) is -2.98. The van der Waals surface area contributed by atoms with Gasteiger partial charge in [0, 0.05) is 13.1 Å². The van der Waals surface area contributed by atoms with Gasteiger partial charge in [-0.2, -0.15) is 0 Å². The van der Waals surface area contributed by atoms with Crippen molar-refractivity contribution in [3.05, 3.63) is 0 Å². The normalized spacial score (nSPS) is 22.9. The lowest BCUT2D eigenvalue weighted by Gasteiger charge is -2.31. The molecule has 2 N–H and O–H groups in total. The van der Waals surface area contributed by atoms with Crippen molar-refractivity contribution in [2.24, 2.45) is 11.1 Å². The van der Waals surface area contributed by atoms with Gasteiger partial charge in [-0.3, -0.25) is 4.79 Å². The molecule has 0 aromatic rings. The maximum Gasteiger partial charge on any atom is 0.240 e. The molecule has 17 heavy (non-hydrogen) atoms. The van der Waals surface area contributed by atoms with Gasteiger partial charge >= 0.3 is 0 Å². The second kappa shape index (κ2) is 4.94. The molecular weight excluding hydrogens is 240 g/mol. The predicted octanol–water partition coefficient (Wildman–Crippen LogP) is 0.00690. The van der Waals surface area contributed by atoms with E-state index in [2.05, 4.69) is 0 Å². The van der Waals surface area contributed by atoms with Gasteiger partial charge in [-0.1, -0.05) is 20.8 Å². The molecule has 0 aromatic heterocycles. The minimum absolute atomic E-state index is 0.0512. The molecule has 6 heteroatoms. The van der Waals surface area contributed by atoms with Crippen LogP contribution in [0.5, 0.6) is 0 Å². The Morgan fingerprint density at radius 2 is 1.82 bits per heavy atom. The Morgan fingerprint density at radius 1 is 1.24 bits per heavy atom. The van der Waals surface area contributed by atoms with Crippen molar-refractivity contribution >= 4 is 15.7 Å². The number of nitrogens with two attached hydrogens (primary N) is 1. The SMILES string of the molecule is CC(C)(C)[C@H](N)C(=O)N1CCCS(=O)(=O)CC1. The number of hydrogen-bond donors (Lipinski definition) is 1. The molecule has 1 fully saturated rings. The fraction of sp³-hybridized carbons (Fsp3) is 0.909. The highest BCUT2D eigenvalue weighted by atomic mass is 32.2. The van der Waals surface area contributed by atoms with Crippen LogP contribution in [0.1, 0.15) is 27.2 Å². The zero-order chi connectivity index (χ0) is 13.3. The number of sulfone groups is 1. The van der Waals surface area contributed by atoms with Gasteiger partial charge in [-0.05, 0) is 11.8 Å². The molecule has 1 rings (SSSR count). The highest BCUT2D eigenvalue weighted by Crippen LogP contribution is 2.19. The van der Waals surface area contributed by atoms with Crippen LogP contribution in [0.2, 0.25) is 0 Å². The lowest BCUT2D eigenvalue weighted by molar-refractivity contribution is -0.134. The number of carbonyl (C=O) groups is 1. The molecule has 0 saturated carbocycles. The monoisotopic (exact) mass is 262 g/mol. The molecule has 1 atom stereocenters. The molecule has 1 amide bonds. The summed E-state index contributed by atoms with van der Waals surface area (Å²) in [5.41, 5.74) is 5.60. The zero-order valence-corrected chi connectivity index (χ0v) is 11.6. The highest BCUT2D eigenvalue weighted by Gasteiger charge is 2.32. The van der Waals surface area contributed by atoms with Gasteiger partial charge in [0.2, 0.25) is 5.91 Å². The molecule has 100 valence electrons. The van der Waals surface area contributed by atoms with E-state index < -0.39 is 15.9 Å². The lowest BCUT2D eigenvalue weighted by Crippen LogP contribution is -2.51. The number of amides is 1. The van der Waals surface area contributed by atoms with E-state index in [-0.39, 0.29) is 29.4 Å². The first-order valence-electron chi connectivity index (χ1n) is 5.88. The third kappa shape index (κ3) is 3.96. The van der Waals surface area contributed by atoms with Crippen LogP contribution in [0.15, 0.2) is 0 Å². The number of hydrogen-bond acceptors (Lipinski definition) is 4. The summed E-state index contributed by atoms with van der Waals surface area (Å²) in [5, 5.41) is 0. The van der Waals surface area contributed by atoms with Gasteiger partial charge < -0.3 is 10.6 Å². The minimum Gasteiger partial charge on any atom is -0.340 e. The lowest BCUT2D eigenvalue weighted by atomic mass is 9.86. The number of carbonyl (C=O) groups excluding carboxylic acids is 1. The van der Waals surface area contributed by atoms with E-state index in [0.29, 0.717) is 13.0 Å². The summed E-state index contributed by atoms with van der Waals surface area (Å²) >= 11 is 0. The number of nitrogens with zero attached hydrogens (tertiary/aromatic N) is 1. The predicted molar refractivity (Wildman–Crippen MR) is 67.3 cm³/mol. The average molecular weight is 262 g/mol. The third-order valence-electron chi connectivity index (χ3n) is 3.07. The Morgan fingerprint density at radius 3 is 2.35 bits per heavy atom. The Hall–Kier alpha value is -0.620. The van der Waals surface area contributed by atoms with Gasteiger partial charge in [0.05, 0.1) is 17.5 Å². The van der Waals surface area contributed by atoms with E-state index in [4.69, 9.17) is 5.73 Å². The number of rotatable bonds is 1. The molecule has 1 aliphatic heterocycles. The van der Waals surface area contributed by atoms with Crippen LogP contribution in [0, 0.1) is 5.41 Å². The fourth-order valence-corrected chi connectivity index (χ4v) is 3.00. The van der Waals surface area contributed by atoms with E-state index in [1.54, 1.807) is 4.90 Å². The molecule has 0 aromatic carbocycles.